The normalized spacial score (nSPS) is 13.1. The summed E-state index contributed by atoms with van der Waals surface area (Å²) < 4.78 is 78.9. The number of rotatable bonds is 4. The molecule has 0 saturated carbocycles. The molecule has 3 rings (SSSR count). The van der Waals surface area contributed by atoms with Crippen LogP contribution in [0.2, 0.25) is 0 Å². The lowest BCUT2D eigenvalue weighted by molar-refractivity contribution is -0.139. The average molecular weight is 430 g/mol. The van der Waals surface area contributed by atoms with Gasteiger partial charge in [0.1, 0.15) is 0 Å². The molecule has 0 fully saturated rings. The Morgan fingerprint density at radius 2 is 1.70 bits per heavy atom. The molecule has 1 amide bonds. The summed E-state index contributed by atoms with van der Waals surface area (Å²) in [5.74, 6) is -1.66. The second kappa shape index (κ2) is 7.65. The third-order valence-corrected chi connectivity index (χ3v) is 3.98. The van der Waals surface area contributed by atoms with E-state index in [0.29, 0.717) is 12.1 Å². The van der Waals surface area contributed by atoms with Gasteiger partial charge in [-0.05, 0) is 29.8 Å². The van der Waals surface area contributed by atoms with E-state index in [1.807, 2.05) is 0 Å². The standard InChI is InChI=1S/C17H12F6N6O/c18-16(19,20)9-5-3-8(4-6-9)11(26-14(30)13-27-15(24)29-28-13)12-10(17(21,22)23)2-1-7-25-12/h1-7,11H,(H,26,30)(H3,24,27,28,29). The van der Waals surface area contributed by atoms with Gasteiger partial charge < -0.3 is 11.1 Å². The lowest BCUT2D eigenvalue weighted by atomic mass is 9.97. The van der Waals surface area contributed by atoms with Crippen molar-refractivity contribution in [2.24, 2.45) is 0 Å². The highest BCUT2D eigenvalue weighted by Crippen LogP contribution is 2.36. The Morgan fingerprint density at radius 1 is 1.03 bits per heavy atom. The van der Waals surface area contributed by atoms with Gasteiger partial charge in [-0.2, -0.15) is 31.3 Å². The van der Waals surface area contributed by atoms with Crippen LogP contribution in [0, 0.1) is 0 Å². The van der Waals surface area contributed by atoms with Crippen LogP contribution in [0.25, 0.3) is 0 Å². The van der Waals surface area contributed by atoms with Crippen LogP contribution in [0.5, 0.6) is 0 Å². The molecule has 3 aromatic rings. The third-order valence-electron chi connectivity index (χ3n) is 3.98. The SMILES string of the molecule is Nc1n[nH]c(C(=O)NC(c2ccc(C(F)(F)F)cc2)c2ncccc2C(F)(F)F)n1. The molecule has 1 atom stereocenters. The number of carbonyl (C=O) groups is 1. The van der Waals surface area contributed by atoms with E-state index in [1.54, 1.807) is 0 Å². The number of benzene rings is 1. The minimum Gasteiger partial charge on any atom is -0.366 e. The Labute approximate surface area is 164 Å². The van der Waals surface area contributed by atoms with Crippen LogP contribution in [0.3, 0.4) is 0 Å². The number of nitrogens with one attached hydrogen (secondary N) is 2. The monoisotopic (exact) mass is 430 g/mol. The lowest BCUT2D eigenvalue weighted by Gasteiger charge is -2.22. The Hall–Kier alpha value is -3.64. The molecule has 2 heterocycles. The number of amides is 1. The predicted molar refractivity (Wildman–Crippen MR) is 90.8 cm³/mol. The summed E-state index contributed by atoms with van der Waals surface area (Å²) in [7, 11) is 0. The Bertz CT molecular complexity index is 1040. The highest BCUT2D eigenvalue weighted by atomic mass is 19.4. The number of hydrogen-bond acceptors (Lipinski definition) is 5. The summed E-state index contributed by atoms with van der Waals surface area (Å²) in [6.07, 6.45) is -8.40. The molecule has 1 aromatic carbocycles. The van der Waals surface area contributed by atoms with E-state index < -0.39 is 46.9 Å². The van der Waals surface area contributed by atoms with Crippen molar-refractivity contribution in [2.75, 3.05) is 5.73 Å². The number of nitrogens with two attached hydrogens (primary N) is 1. The van der Waals surface area contributed by atoms with E-state index in [2.05, 4.69) is 25.5 Å². The van der Waals surface area contributed by atoms with Crippen LogP contribution in [-0.2, 0) is 12.4 Å². The molecule has 0 aliphatic rings. The van der Waals surface area contributed by atoms with E-state index in [4.69, 9.17) is 5.73 Å². The number of anilines is 1. The van der Waals surface area contributed by atoms with Crippen molar-refractivity contribution in [2.45, 2.75) is 18.4 Å². The third kappa shape index (κ3) is 4.50. The molecular weight excluding hydrogens is 418 g/mol. The van der Waals surface area contributed by atoms with Gasteiger partial charge in [-0.1, -0.05) is 12.1 Å². The smallest absolute Gasteiger partial charge is 0.366 e. The second-order valence-electron chi connectivity index (χ2n) is 6.00. The molecule has 13 heteroatoms. The van der Waals surface area contributed by atoms with Crippen molar-refractivity contribution in [3.05, 3.63) is 70.8 Å². The molecule has 30 heavy (non-hydrogen) atoms. The van der Waals surface area contributed by atoms with Gasteiger partial charge in [0.2, 0.25) is 11.8 Å². The maximum absolute atomic E-state index is 13.5. The van der Waals surface area contributed by atoms with Gasteiger partial charge in [0.25, 0.3) is 5.91 Å². The van der Waals surface area contributed by atoms with Gasteiger partial charge in [-0.15, -0.1) is 5.10 Å². The molecule has 0 bridgehead atoms. The number of hydrogen-bond donors (Lipinski definition) is 3. The van der Waals surface area contributed by atoms with Crippen LogP contribution in [0.1, 0.15) is 39.0 Å². The summed E-state index contributed by atoms with van der Waals surface area (Å²) in [6.45, 7) is 0. The first-order valence-electron chi connectivity index (χ1n) is 8.15. The number of aromatic nitrogens is 4. The van der Waals surface area contributed by atoms with Crippen LogP contribution in [-0.4, -0.2) is 26.1 Å². The van der Waals surface area contributed by atoms with Gasteiger partial charge in [0, 0.05) is 6.20 Å². The molecule has 0 aliphatic carbocycles. The van der Waals surface area contributed by atoms with Gasteiger partial charge in [-0.25, -0.2) is 0 Å². The zero-order valence-corrected chi connectivity index (χ0v) is 14.7. The average Bonchev–Trinajstić information content (AvgIpc) is 3.11. The largest absolute Gasteiger partial charge is 0.418 e. The molecule has 2 aromatic heterocycles. The number of nitrogens with zero attached hydrogens (tertiary/aromatic N) is 3. The van der Waals surface area contributed by atoms with Crippen molar-refractivity contribution >= 4 is 11.9 Å². The summed E-state index contributed by atoms with van der Waals surface area (Å²) >= 11 is 0. The van der Waals surface area contributed by atoms with E-state index in [1.165, 1.54) is 0 Å². The quantitative estimate of drug-likeness (QED) is 0.550. The second-order valence-corrected chi connectivity index (χ2v) is 6.00. The van der Waals surface area contributed by atoms with Gasteiger partial charge in [0.05, 0.1) is 22.9 Å². The Balaban J connectivity index is 2.07. The van der Waals surface area contributed by atoms with Crippen molar-refractivity contribution in [3.63, 3.8) is 0 Å². The number of aromatic amines is 1. The maximum atomic E-state index is 13.5. The number of pyridine rings is 1. The predicted octanol–water partition coefficient (Wildman–Crippen LogP) is 3.34. The molecule has 158 valence electrons. The van der Waals surface area contributed by atoms with E-state index in [0.717, 1.165) is 30.5 Å². The number of alkyl halides is 6. The molecule has 0 saturated heterocycles. The highest BCUT2D eigenvalue weighted by molar-refractivity contribution is 5.91. The first-order valence-corrected chi connectivity index (χ1v) is 8.15. The number of H-pyrrole nitrogens is 1. The van der Waals surface area contributed by atoms with Gasteiger partial charge in [-0.3, -0.25) is 14.9 Å². The van der Waals surface area contributed by atoms with Crippen molar-refractivity contribution in [3.8, 4) is 0 Å². The highest BCUT2D eigenvalue weighted by Gasteiger charge is 2.37. The summed E-state index contributed by atoms with van der Waals surface area (Å²) in [6, 6.07) is 3.56. The topological polar surface area (TPSA) is 110 Å². The number of carbonyl (C=O) groups excluding carboxylic acids is 1. The van der Waals surface area contributed by atoms with Crippen LogP contribution < -0.4 is 11.1 Å². The molecule has 7 nitrogen and oxygen atoms in total. The van der Waals surface area contributed by atoms with E-state index >= 15 is 0 Å². The molecule has 0 spiro atoms. The fourth-order valence-corrected chi connectivity index (χ4v) is 2.64. The van der Waals surface area contributed by atoms with E-state index in [-0.39, 0.29) is 11.5 Å². The van der Waals surface area contributed by atoms with Crippen molar-refractivity contribution < 1.29 is 31.1 Å². The minimum absolute atomic E-state index is 0.0620. The molecule has 0 aliphatic heterocycles. The lowest BCUT2D eigenvalue weighted by Crippen LogP contribution is -2.32. The Morgan fingerprint density at radius 3 is 2.23 bits per heavy atom. The fourth-order valence-electron chi connectivity index (χ4n) is 2.64. The number of nitrogen functional groups attached to an aromatic ring is 1. The van der Waals surface area contributed by atoms with E-state index in [9.17, 15) is 31.1 Å². The number of halogens is 6. The summed E-state index contributed by atoms with van der Waals surface area (Å²) in [5, 5.41) is 7.92. The molecule has 4 N–H and O–H groups in total. The van der Waals surface area contributed by atoms with Crippen LogP contribution in [0.15, 0.2) is 42.6 Å². The molecule has 0 radical (unpaired) electrons. The van der Waals surface area contributed by atoms with Gasteiger partial charge >= 0.3 is 12.4 Å². The first-order chi connectivity index (χ1) is 14.0. The zero-order valence-electron chi connectivity index (χ0n) is 14.7. The maximum Gasteiger partial charge on any atom is 0.418 e. The zero-order chi connectivity index (χ0) is 22.1. The fraction of sp³-hybridized carbons (Fsp3) is 0.176. The minimum atomic E-state index is -4.82. The molecular formula is C17H12F6N6O. The summed E-state index contributed by atoms with van der Waals surface area (Å²) in [5.41, 5.74) is 2.48. The van der Waals surface area contributed by atoms with Crippen molar-refractivity contribution in [1.82, 2.24) is 25.5 Å². The van der Waals surface area contributed by atoms with Crippen molar-refractivity contribution in [1.29, 1.82) is 0 Å². The van der Waals surface area contributed by atoms with Crippen LogP contribution >= 0.6 is 0 Å². The Kier molecular flexibility index (Phi) is 5.37. The van der Waals surface area contributed by atoms with Gasteiger partial charge in [0.15, 0.2) is 0 Å². The molecule has 1 unspecified atom stereocenters. The summed E-state index contributed by atoms with van der Waals surface area (Å²) in [4.78, 5) is 19.7. The van der Waals surface area contributed by atoms with Crippen LogP contribution in [0.4, 0.5) is 32.3 Å². The first kappa shape index (κ1) is 21.1.